The van der Waals surface area contributed by atoms with E-state index >= 15 is 0 Å². The summed E-state index contributed by atoms with van der Waals surface area (Å²) in [6.07, 6.45) is 3.85. The van der Waals surface area contributed by atoms with Crippen molar-refractivity contribution in [2.75, 3.05) is 18.8 Å². The molecule has 2 amide bonds. The zero-order chi connectivity index (χ0) is 18.0. The van der Waals surface area contributed by atoms with Crippen molar-refractivity contribution in [3.63, 3.8) is 0 Å². The fraction of sp³-hybridized carbons (Fsp3) is 0.579. The summed E-state index contributed by atoms with van der Waals surface area (Å²) in [5, 5.41) is 3.13. The molecule has 0 aromatic heterocycles. The largest absolute Gasteiger partial charge is 0.353 e. The average molecular weight is 425 g/mol. The van der Waals surface area contributed by atoms with Crippen molar-refractivity contribution in [2.24, 2.45) is 5.92 Å². The van der Waals surface area contributed by atoms with Gasteiger partial charge < -0.3 is 10.2 Å². The second-order valence-corrected chi connectivity index (χ2v) is 8.97. The number of halogens is 1. The number of piperidine rings is 1. The lowest BCUT2D eigenvalue weighted by atomic mass is 10.0. The Balaban J connectivity index is 1.42. The van der Waals surface area contributed by atoms with Crippen LogP contribution in [0.5, 0.6) is 0 Å². The molecule has 4 nitrogen and oxygen atoms in total. The van der Waals surface area contributed by atoms with Crippen LogP contribution in [-0.4, -0.2) is 41.6 Å². The van der Waals surface area contributed by atoms with Gasteiger partial charge >= 0.3 is 0 Å². The Morgan fingerprint density at radius 2 is 1.84 bits per heavy atom. The predicted molar refractivity (Wildman–Crippen MR) is 105 cm³/mol. The van der Waals surface area contributed by atoms with Crippen molar-refractivity contribution < 1.29 is 9.59 Å². The van der Waals surface area contributed by atoms with Gasteiger partial charge in [0.2, 0.25) is 11.8 Å². The van der Waals surface area contributed by atoms with Crippen LogP contribution in [0.2, 0.25) is 0 Å². The van der Waals surface area contributed by atoms with E-state index in [-0.39, 0.29) is 11.9 Å². The predicted octanol–water partition coefficient (Wildman–Crippen LogP) is 3.68. The molecule has 0 spiro atoms. The second-order valence-electron chi connectivity index (χ2n) is 7.10. The quantitative estimate of drug-likeness (QED) is 0.733. The van der Waals surface area contributed by atoms with Gasteiger partial charge in [0, 0.05) is 34.4 Å². The SMILES string of the molecule is Cc1cc(SCC(=O)NC2CCN(C(=O)C3CC3)CC2)c(C)cc1Br. The first-order valence-corrected chi connectivity index (χ1v) is 10.7. The van der Waals surface area contributed by atoms with E-state index in [0.717, 1.165) is 48.1 Å². The van der Waals surface area contributed by atoms with E-state index in [4.69, 9.17) is 0 Å². The second kappa shape index (κ2) is 8.12. The third kappa shape index (κ3) is 5.00. The van der Waals surface area contributed by atoms with Crippen LogP contribution in [0.25, 0.3) is 0 Å². The summed E-state index contributed by atoms with van der Waals surface area (Å²) < 4.78 is 1.10. The van der Waals surface area contributed by atoms with Crippen molar-refractivity contribution >= 4 is 39.5 Å². The van der Waals surface area contributed by atoms with Crippen molar-refractivity contribution in [3.8, 4) is 0 Å². The topological polar surface area (TPSA) is 49.4 Å². The van der Waals surface area contributed by atoms with E-state index in [9.17, 15) is 9.59 Å². The van der Waals surface area contributed by atoms with Gasteiger partial charge in [-0.2, -0.15) is 0 Å². The number of aryl methyl sites for hydroxylation is 2. The number of nitrogens with zero attached hydrogens (tertiary/aromatic N) is 1. The molecule has 0 atom stereocenters. The summed E-state index contributed by atoms with van der Waals surface area (Å²) in [7, 11) is 0. The number of benzene rings is 1. The first-order chi connectivity index (χ1) is 11.9. The Hall–Kier alpha value is -1.01. The highest BCUT2D eigenvalue weighted by molar-refractivity contribution is 9.10. The zero-order valence-electron chi connectivity index (χ0n) is 14.8. The molecule has 1 aliphatic heterocycles. The summed E-state index contributed by atoms with van der Waals surface area (Å²) in [6.45, 7) is 5.68. The molecule has 1 saturated carbocycles. The van der Waals surface area contributed by atoms with E-state index in [1.807, 2.05) is 4.90 Å². The average Bonchev–Trinajstić information content (AvgIpc) is 3.42. The smallest absolute Gasteiger partial charge is 0.230 e. The Bertz CT molecular complexity index is 668. The molecular formula is C19H25BrN2O2S. The molecule has 1 saturated heterocycles. The van der Waals surface area contributed by atoms with Gasteiger partial charge in [0.15, 0.2) is 0 Å². The highest BCUT2D eigenvalue weighted by atomic mass is 79.9. The molecule has 1 aromatic rings. The van der Waals surface area contributed by atoms with Crippen molar-refractivity contribution in [3.05, 3.63) is 27.7 Å². The third-order valence-electron chi connectivity index (χ3n) is 4.91. The minimum Gasteiger partial charge on any atom is -0.353 e. The number of rotatable bonds is 5. The number of thioether (sulfide) groups is 1. The fourth-order valence-corrected chi connectivity index (χ4v) is 4.53. The number of carbonyl (C=O) groups excluding carboxylic acids is 2. The van der Waals surface area contributed by atoms with Gasteiger partial charge in [-0.3, -0.25) is 9.59 Å². The molecule has 6 heteroatoms. The van der Waals surface area contributed by atoms with Crippen LogP contribution in [0, 0.1) is 19.8 Å². The van der Waals surface area contributed by atoms with Gasteiger partial charge in [0.1, 0.15) is 0 Å². The standard InChI is InChI=1S/C19H25BrN2O2S/c1-12-10-17(13(2)9-16(12)20)25-11-18(23)21-15-5-7-22(8-6-15)19(24)14-3-4-14/h9-10,14-15H,3-8,11H2,1-2H3,(H,21,23). The van der Waals surface area contributed by atoms with Crippen molar-refractivity contribution in [1.29, 1.82) is 0 Å². The Kier molecular flexibility index (Phi) is 6.10. The van der Waals surface area contributed by atoms with Crippen molar-refractivity contribution in [1.82, 2.24) is 10.2 Å². The normalized spacial score (nSPS) is 18.3. The zero-order valence-corrected chi connectivity index (χ0v) is 17.2. The number of likely N-dealkylation sites (tertiary alicyclic amines) is 1. The molecule has 0 radical (unpaired) electrons. The van der Waals surface area contributed by atoms with Crippen LogP contribution in [0.15, 0.2) is 21.5 Å². The first kappa shape index (κ1) is 18.8. The Labute approximate surface area is 162 Å². The molecular weight excluding hydrogens is 400 g/mol. The fourth-order valence-electron chi connectivity index (χ4n) is 3.16. The molecule has 2 aliphatic rings. The van der Waals surface area contributed by atoms with Gasteiger partial charge in [0.25, 0.3) is 0 Å². The number of amides is 2. The lowest BCUT2D eigenvalue weighted by Crippen LogP contribution is -2.47. The summed E-state index contributed by atoms with van der Waals surface area (Å²) in [5.74, 6) is 1.13. The number of hydrogen-bond donors (Lipinski definition) is 1. The summed E-state index contributed by atoms with van der Waals surface area (Å²) in [4.78, 5) is 27.5. The van der Waals surface area contributed by atoms with Gasteiger partial charge in [-0.25, -0.2) is 0 Å². The van der Waals surface area contributed by atoms with E-state index in [0.29, 0.717) is 17.6 Å². The molecule has 0 unspecified atom stereocenters. The van der Waals surface area contributed by atoms with E-state index < -0.39 is 0 Å². The van der Waals surface area contributed by atoms with Crippen LogP contribution in [0.3, 0.4) is 0 Å². The molecule has 25 heavy (non-hydrogen) atoms. The molecule has 3 rings (SSSR count). The summed E-state index contributed by atoms with van der Waals surface area (Å²) in [6, 6.07) is 4.42. The van der Waals surface area contributed by atoms with Crippen LogP contribution in [0.1, 0.15) is 36.8 Å². The monoisotopic (exact) mass is 424 g/mol. The van der Waals surface area contributed by atoms with Crippen LogP contribution < -0.4 is 5.32 Å². The molecule has 0 bridgehead atoms. The van der Waals surface area contributed by atoms with Gasteiger partial charge in [-0.1, -0.05) is 15.9 Å². The highest BCUT2D eigenvalue weighted by Gasteiger charge is 2.35. The number of nitrogens with one attached hydrogen (secondary N) is 1. The van der Waals surface area contributed by atoms with E-state index in [1.54, 1.807) is 11.8 Å². The maximum absolute atomic E-state index is 12.3. The number of hydrogen-bond acceptors (Lipinski definition) is 3. The minimum atomic E-state index is 0.0805. The lowest BCUT2D eigenvalue weighted by Gasteiger charge is -2.32. The highest BCUT2D eigenvalue weighted by Crippen LogP contribution is 2.32. The third-order valence-corrected chi connectivity index (χ3v) is 6.92. The van der Waals surface area contributed by atoms with Gasteiger partial charge in [0.05, 0.1) is 5.75 Å². The maximum Gasteiger partial charge on any atom is 0.230 e. The van der Waals surface area contributed by atoms with E-state index in [1.165, 1.54) is 11.1 Å². The molecule has 136 valence electrons. The van der Waals surface area contributed by atoms with E-state index in [2.05, 4.69) is 47.2 Å². The van der Waals surface area contributed by atoms with Crippen LogP contribution >= 0.6 is 27.7 Å². The number of carbonyl (C=O) groups is 2. The summed E-state index contributed by atoms with van der Waals surface area (Å²) >= 11 is 5.12. The molecule has 2 fully saturated rings. The Morgan fingerprint density at radius 1 is 1.16 bits per heavy atom. The van der Waals surface area contributed by atoms with Gasteiger partial charge in [-0.05, 0) is 62.8 Å². The Morgan fingerprint density at radius 3 is 2.48 bits per heavy atom. The van der Waals surface area contributed by atoms with Crippen molar-refractivity contribution in [2.45, 2.75) is 50.5 Å². The van der Waals surface area contributed by atoms with Crippen LogP contribution in [0.4, 0.5) is 0 Å². The van der Waals surface area contributed by atoms with Crippen LogP contribution in [-0.2, 0) is 9.59 Å². The molecule has 1 N–H and O–H groups in total. The molecule has 1 aromatic carbocycles. The summed E-state index contributed by atoms with van der Waals surface area (Å²) in [5.41, 5.74) is 2.36. The maximum atomic E-state index is 12.3. The molecule has 1 aliphatic carbocycles. The molecule has 1 heterocycles. The van der Waals surface area contributed by atoms with Gasteiger partial charge in [-0.15, -0.1) is 11.8 Å². The minimum absolute atomic E-state index is 0.0805. The lowest BCUT2D eigenvalue weighted by molar-refractivity contribution is -0.133. The first-order valence-electron chi connectivity index (χ1n) is 8.91.